The highest BCUT2D eigenvalue weighted by atomic mass is 19.4. The Labute approximate surface area is 93.9 Å². The Morgan fingerprint density at radius 3 is 2.29 bits per heavy atom. The number of halogens is 4. The molecule has 1 N–H and O–H groups in total. The van der Waals surface area contributed by atoms with Gasteiger partial charge in [-0.1, -0.05) is 12.1 Å². The van der Waals surface area contributed by atoms with Crippen LogP contribution in [-0.2, 0) is 16.4 Å². The average molecular weight is 248 g/mol. The van der Waals surface area contributed by atoms with Crippen LogP contribution in [0.15, 0.2) is 18.2 Å². The van der Waals surface area contributed by atoms with Gasteiger partial charge in [-0.25, -0.2) is 4.39 Å². The van der Waals surface area contributed by atoms with Gasteiger partial charge in [-0.2, -0.15) is 13.2 Å². The number of carboxylic acids is 1. The molecule has 2 rings (SSSR count). The Bertz CT molecular complexity index is 475. The van der Waals surface area contributed by atoms with Crippen molar-refractivity contribution in [1.29, 1.82) is 0 Å². The van der Waals surface area contributed by atoms with Crippen LogP contribution >= 0.6 is 0 Å². The Morgan fingerprint density at radius 1 is 1.29 bits per heavy atom. The van der Waals surface area contributed by atoms with Crippen molar-refractivity contribution in [3.05, 3.63) is 35.1 Å². The number of carbonyl (C=O) groups is 1. The number of benzene rings is 1. The van der Waals surface area contributed by atoms with Crippen molar-refractivity contribution in [2.75, 3.05) is 0 Å². The van der Waals surface area contributed by atoms with E-state index in [-0.39, 0.29) is 18.4 Å². The van der Waals surface area contributed by atoms with Gasteiger partial charge >= 0.3 is 12.1 Å². The van der Waals surface area contributed by atoms with Crippen LogP contribution in [-0.4, -0.2) is 11.1 Å². The predicted molar refractivity (Wildman–Crippen MR) is 49.9 cm³/mol. The lowest BCUT2D eigenvalue weighted by Crippen LogP contribution is -2.22. The van der Waals surface area contributed by atoms with Gasteiger partial charge in [0.2, 0.25) is 0 Å². The summed E-state index contributed by atoms with van der Waals surface area (Å²) >= 11 is 0. The zero-order valence-electron chi connectivity index (χ0n) is 8.51. The van der Waals surface area contributed by atoms with E-state index in [0.717, 1.165) is 12.1 Å². The van der Waals surface area contributed by atoms with Crippen LogP contribution in [0, 0.1) is 5.82 Å². The van der Waals surface area contributed by atoms with E-state index in [0.29, 0.717) is 6.07 Å². The van der Waals surface area contributed by atoms with E-state index < -0.39 is 28.9 Å². The highest BCUT2D eigenvalue weighted by Crippen LogP contribution is 2.50. The molecule has 2 nitrogen and oxygen atoms in total. The van der Waals surface area contributed by atoms with E-state index in [2.05, 4.69) is 0 Å². The molecule has 0 aromatic heterocycles. The topological polar surface area (TPSA) is 37.3 Å². The van der Waals surface area contributed by atoms with E-state index >= 15 is 0 Å². The zero-order chi connectivity index (χ0) is 12.8. The molecule has 1 aliphatic carbocycles. The van der Waals surface area contributed by atoms with Gasteiger partial charge in [-0.3, -0.25) is 4.79 Å². The first-order valence-corrected chi connectivity index (χ1v) is 4.88. The van der Waals surface area contributed by atoms with Crippen molar-refractivity contribution in [2.24, 2.45) is 0 Å². The first-order valence-electron chi connectivity index (χ1n) is 4.88. The van der Waals surface area contributed by atoms with Gasteiger partial charge in [0.1, 0.15) is 5.82 Å². The van der Waals surface area contributed by atoms with E-state index in [1.54, 1.807) is 0 Å². The standard InChI is InChI=1S/C11H8F4O2/c12-8-6(10(4-5-10)9(16)17)2-1-3-7(8)11(13,14)15/h1-3H,4-5H2,(H,16,17). The second kappa shape index (κ2) is 3.45. The monoisotopic (exact) mass is 248 g/mol. The van der Waals surface area contributed by atoms with Crippen LogP contribution in [0.25, 0.3) is 0 Å². The van der Waals surface area contributed by atoms with Gasteiger partial charge in [0.05, 0.1) is 11.0 Å². The minimum absolute atomic E-state index is 0.167. The maximum atomic E-state index is 13.7. The van der Waals surface area contributed by atoms with Crippen LogP contribution < -0.4 is 0 Å². The summed E-state index contributed by atoms with van der Waals surface area (Å²) in [5, 5.41) is 8.93. The molecular weight excluding hydrogens is 240 g/mol. The summed E-state index contributed by atoms with van der Waals surface area (Å²) in [5.74, 6) is -2.75. The van der Waals surface area contributed by atoms with Crippen molar-refractivity contribution in [3.63, 3.8) is 0 Å². The summed E-state index contributed by atoms with van der Waals surface area (Å²) in [5.41, 5.74) is -3.26. The lowest BCUT2D eigenvalue weighted by Gasteiger charge is -2.15. The molecule has 0 aliphatic heterocycles. The summed E-state index contributed by atoms with van der Waals surface area (Å²) in [6, 6.07) is 2.74. The summed E-state index contributed by atoms with van der Waals surface area (Å²) in [6.07, 6.45) is -4.48. The lowest BCUT2D eigenvalue weighted by molar-refractivity contribution is -0.142. The fourth-order valence-corrected chi connectivity index (χ4v) is 1.84. The summed E-state index contributed by atoms with van der Waals surface area (Å²) in [4.78, 5) is 10.9. The van der Waals surface area contributed by atoms with Crippen LogP contribution in [0.3, 0.4) is 0 Å². The largest absolute Gasteiger partial charge is 0.481 e. The number of aliphatic carboxylic acids is 1. The minimum atomic E-state index is -4.81. The number of hydrogen-bond acceptors (Lipinski definition) is 1. The summed E-state index contributed by atoms with van der Waals surface area (Å²) < 4.78 is 51.0. The molecule has 0 atom stereocenters. The summed E-state index contributed by atoms with van der Waals surface area (Å²) in [7, 11) is 0. The van der Waals surface area contributed by atoms with Crippen LogP contribution in [0.1, 0.15) is 24.0 Å². The van der Waals surface area contributed by atoms with Crippen molar-refractivity contribution < 1.29 is 27.5 Å². The molecule has 1 aromatic rings. The Morgan fingerprint density at radius 2 is 1.88 bits per heavy atom. The molecule has 0 saturated heterocycles. The van der Waals surface area contributed by atoms with E-state index in [4.69, 9.17) is 5.11 Å². The molecule has 92 valence electrons. The number of alkyl halides is 3. The van der Waals surface area contributed by atoms with Crippen molar-refractivity contribution in [1.82, 2.24) is 0 Å². The van der Waals surface area contributed by atoms with Crippen LogP contribution in [0.2, 0.25) is 0 Å². The van der Waals surface area contributed by atoms with E-state index in [1.165, 1.54) is 0 Å². The van der Waals surface area contributed by atoms with E-state index in [9.17, 15) is 22.4 Å². The second-order valence-corrected chi connectivity index (χ2v) is 4.05. The summed E-state index contributed by atoms with van der Waals surface area (Å²) in [6.45, 7) is 0. The first kappa shape index (κ1) is 11.9. The third kappa shape index (κ3) is 1.77. The van der Waals surface area contributed by atoms with Gasteiger partial charge in [0.15, 0.2) is 0 Å². The molecule has 17 heavy (non-hydrogen) atoms. The molecular formula is C11H8F4O2. The highest BCUT2D eigenvalue weighted by molar-refractivity contribution is 5.85. The maximum absolute atomic E-state index is 13.7. The fourth-order valence-electron chi connectivity index (χ4n) is 1.84. The first-order chi connectivity index (χ1) is 7.79. The molecule has 0 unspecified atom stereocenters. The molecule has 1 aliphatic rings. The zero-order valence-corrected chi connectivity index (χ0v) is 8.51. The fraction of sp³-hybridized carbons (Fsp3) is 0.364. The molecule has 0 spiro atoms. The minimum Gasteiger partial charge on any atom is -0.481 e. The van der Waals surface area contributed by atoms with Gasteiger partial charge in [-0.05, 0) is 18.9 Å². The number of carboxylic acid groups (broad SMARTS) is 1. The van der Waals surface area contributed by atoms with Crippen LogP contribution in [0.4, 0.5) is 17.6 Å². The molecule has 0 heterocycles. The smallest absolute Gasteiger partial charge is 0.419 e. The SMILES string of the molecule is O=C(O)C1(c2cccc(C(F)(F)F)c2F)CC1. The maximum Gasteiger partial charge on any atom is 0.419 e. The molecule has 0 radical (unpaired) electrons. The molecule has 0 amide bonds. The average Bonchev–Trinajstić information content (AvgIpc) is 2.97. The van der Waals surface area contributed by atoms with Crippen molar-refractivity contribution in [3.8, 4) is 0 Å². The third-order valence-corrected chi connectivity index (χ3v) is 2.98. The molecule has 1 saturated carbocycles. The second-order valence-electron chi connectivity index (χ2n) is 4.05. The number of hydrogen-bond donors (Lipinski definition) is 1. The van der Waals surface area contributed by atoms with Gasteiger partial charge in [0, 0.05) is 5.56 Å². The van der Waals surface area contributed by atoms with Gasteiger partial charge < -0.3 is 5.11 Å². The predicted octanol–water partition coefficient (Wildman–Crippen LogP) is 2.96. The Hall–Kier alpha value is -1.59. The lowest BCUT2D eigenvalue weighted by atomic mass is 9.93. The molecule has 6 heteroatoms. The Kier molecular flexibility index (Phi) is 2.41. The molecule has 0 bridgehead atoms. The molecule has 1 fully saturated rings. The van der Waals surface area contributed by atoms with Gasteiger partial charge in [-0.15, -0.1) is 0 Å². The van der Waals surface area contributed by atoms with Crippen LogP contribution in [0.5, 0.6) is 0 Å². The number of rotatable bonds is 2. The van der Waals surface area contributed by atoms with Crippen molar-refractivity contribution in [2.45, 2.75) is 24.4 Å². The van der Waals surface area contributed by atoms with Gasteiger partial charge in [0.25, 0.3) is 0 Å². The highest BCUT2D eigenvalue weighted by Gasteiger charge is 2.54. The molecule has 1 aromatic carbocycles. The normalized spacial score (nSPS) is 17.9. The Balaban J connectivity index is 2.55. The van der Waals surface area contributed by atoms with E-state index in [1.807, 2.05) is 0 Å². The quantitative estimate of drug-likeness (QED) is 0.817. The third-order valence-electron chi connectivity index (χ3n) is 2.98. The van der Waals surface area contributed by atoms with Crippen molar-refractivity contribution >= 4 is 5.97 Å².